The average molecular weight is 576 g/mol. The standard InChI is InChI=1S/C21H28N4O5S.HI/c1-7-30-20(27)17-12(2)24-18(31-17)13(3)25-21(22-4)23-11-14-8-9-16(28-5)15(10-14)19(26)29-6;/h8-10,13H,7,11H2,1-6H3,(H2,22,23,25);1H. The van der Waals surface area contributed by atoms with Gasteiger partial charge in [0.05, 0.1) is 32.6 Å². The number of nitrogens with zero attached hydrogens (tertiary/aromatic N) is 2. The lowest BCUT2D eigenvalue weighted by Crippen LogP contribution is -2.38. The monoisotopic (exact) mass is 576 g/mol. The Morgan fingerprint density at radius 1 is 1.25 bits per heavy atom. The third-order valence-electron chi connectivity index (χ3n) is 4.35. The highest BCUT2D eigenvalue weighted by Crippen LogP contribution is 2.24. The number of esters is 2. The van der Waals surface area contributed by atoms with Crippen molar-refractivity contribution in [2.24, 2.45) is 4.99 Å². The first-order chi connectivity index (χ1) is 14.8. The number of thiazole rings is 1. The number of rotatable bonds is 8. The molecular weight excluding hydrogens is 547 g/mol. The van der Waals surface area contributed by atoms with Gasteiger partial charge in [0.1, 0.15) is 21.2 Å². The van der Waals surface area contributed by atoms with Crippen molar-refractivity contribution in [1.82, 2.24) is 15.6 Å². The minimum absolute atomic E-state index is 0. The van der Waals surface area contributed by atoms with Gasteiger partial charge in [-0.3, -0.25) is 4.99 Å². The van der Waals surface area contributed by atoms with Crippen molar-refractivity contribution in [3.05, 3.63) is 44.9 Å². The van der Waals surface area contributed by atoms with Crippen molar-refractivity contribution in [2.75, 3.05) is 27.9 Å². The Hall–Kier alpha value is -2.41. The number of guanidine groups is 1. The molecule has 9 nitrogen and oxygen atoms in total. The maximum atomic E-state index is 12.0. The average Bonchev–Trinajstić information content (AvgIpc) is 3.17. The summed E-state index contributed by atoms with van der Waals surface area (Å²) in [7, 11) is 4.49. The molecule has 0 amide bonds. The number of nitrogens with one attached hydrogen (secondary N) is 2. The Kier molecular flexibility index (Phi) is 11.4. The van der Waals surface area contributed by atoms with Gasteiger partial charge < -0.3 is 24.8 Å². The summed E-state index contributed by atoms with van der Waals surface area (Å²) in [4.78, 5) is 33.2. The van der Waals surface area contributed by atoms with Crippen LogP contribution in [0.4, 0.5) is 0 Å². The van der Waals surface area contributed by atoms with Crippen LogP contribution in [0, 0.1) is 6.92 Å². The maximum Gasteiger partial charge on any atom is 0.350 e. The van der Waals surface area contributed by atoms with Crippen LogP contribution in [-0.4, -0.2) is 50.8 Å². The van der Waals surface area contributed by atoms with Crippen LogP contribution in [0.1, 0.15) is 56.2 Å². The lowest BCUT2D eigenvalue weighted by molar-refractivity contribution is 0.0529. The summed E-state index contributed by atoms with van der Waals surface area (Å²) in [5, 5.41) is 7.21. The summed E-state index contributed by atoms with van der Waals surface area (Å²) in [6.45, 7) is 6.23. The zero-order chi connectivity index (χ0) is 23.0. The summed E-state index contributed by atoms with van der Waals surface area (Å²) in [5.41, 5.74) is 1.85. The van der Waals surface area contributed by atoms with Crippen molar-refractivity contribution in [3.63, 3.8) is 0 Å². The molecule has 176 valence electrons. The van der Waals surface area contributed by atoms with E-state index in [2.05, 4.69) is 20.6 Å². The molecule has 1 aromatic heterocycles. The molecule has 11 heteroatoms. The van der Waals surface area contributed by atoms with Gasteiger partial charge in [-0.1, -0.05) is 6.07 Å². The van der Waals surface area contributed by atoms with Crippen LogP contribution in [0.2, 0.25) is 0 Å². The third-order valence-corrected chi connectivity index (χ3v) is 5.67. The molecule has 0 radical (unpaired) electrons. The summed E-state index contributed by atoms with van der Waals surface area (Å²) in [5.74, 6) is 0.169. The van der Waals surface area contributed by atoms with Crippen molar-refractivity contribution in [2.45, 2.75) is 33.4 Å². The van der Waals surface area contributed by atoms with Crippen LogP contribution in [0.3, 0.4) is 0 Å². The van der Waals surface area contributed by atoms with Crippen molar-refractivity contribution >= 4 is 53.2 Å². The molecule has 32 heavy (non-hydrogen) atoms. The highest BCUT2D eigenvalue weighted by atomic mass is 127. The number of carbonyl (C=O) groups is 2. The molecule has 2 N–H and O–H groups in total. The second-order valence-electron chi connectivity index (χ2n) is 6.51. The molecule has 0 aliphatic rings. The van der Waals surface area contributed by atoms with Gasteiger partial charge in [-0.15, -0.1) is 35.3 Å². The van der Waals surface area contributed by atoms with Gasteiger partial charge >= 0.3 is 11.9 Å². The van der Waals surface area contributed by atoms with Gasteiger partial charge in [0.15, 0.2) is 5.96 Å². The summed E-state index contributed by atoms with van der Waals surface area (Å²) in [6.07, 6.45) is 0. The number of benzene rings is 1. The lowest BCUT2D eigenvalue weighted by atomic mass is 10.1. The van der Waals surface area contributed by atoms with E-state index in [-0.39, 0.29) is 36.0 Å². The SMILES string of the molecule is CCOC(=O)c1sc(C(C)NC(=NC)NCc2ccc(OC)c(C(=O)OC)c2)nc1C.I. The number of aromatic nitrogens is 1. The minimum Gasteiger partial charge on any atom is -0.496 e. The van der Waals surface area contributed by atoms with Crippen LogP contribution in [0.5, 0.6) is 5.75 Å². The van der Waals surface area contributed by atoms with Gasteiger partial charge in [-0.05, 0) is 38.5 Å². The van der Waals surface area contributed by atoms with E-state index in [0.29, 0.717) is 41.0 Å². The lowest BCUT2D eigenvalue weighted by Gasteiger charge is -2.17. The van der Waals surface area contributed by atoms with E-state index in [1.54, 1.807) is 33.0 Å². The van der Waals surface area contributed by atoms with Gasteiger partial charge in [0.2, 0.25) is 0 Å². The first kappa shape index (κ1) is 27.6. The molecule has 1 heterocycles. The molecule has 2 aromatic rings. The zero-order valence-electron chi connectivity index (χ0n) is 19.0. The Morgan fingerprint density at radius 2 is 1.97 bits per heavy atom. The smallest absolute Gasteiger partial charge is 0.350 e. The highest BCUT2D eigenvalue weighted by Gasteiger charge is 2.20. The topological polar surface area (TPSA) is 111 Å². The van der Waals surface area contributed by atoms with Crippen molar-refractivity contribution < 1.29 is 23.8 Å². The number of hydrogen-bond acceptors (Lipinski definition) is 8. The fraction of sp³-hybridized carbons (Fsp3) is 0.429. The van der Waals surface area contributed by atoms with Gasteiger partial charge in [-0.25, -0.2) is 14.6 Å². The number of aryl methyl sites for hydroxylation is 1. The van der Waals surface area contributed by atoms with Crippen LogP contribution in [-0.2, 0) is 16.0 Å². The molecule has 0 saturated heterocycles. The number of carbonyl (C=O) groups excluding carboxylic acids is 2. The van der Waals surface area contributed by atoms with Crippen LogP contribution >= 0.6 is 35.3 Å². The predicted octanol–water partition coefficient (Wildman–Crippen LogP) is 3.47. The van der Waals surface area contributed by atoms with Crippen LogP contribution < -0.4 is 15.4 Å². The second-order valence-corrected chi connectivity index (χ2v) is 7.54. The molecule has 1 aromatic carbocycles. The first-order valence-electron chi connectivity index (χ1n) is 9.71. The Labute approximate surface area is 209 Å². The molecular formula is C21H29IN4O5S. The summed E-state index contributed by atoms with van der Waals surface area (Å²) < 4.78 is 15.1. The summed E-state index contributed by atoms with van der Waals surface area (Å²) >= 11 is 1.30. The zero-order valence-corrected chi connectivity index (χ0v) is 22.1. The van der Waals surface area contributed by atoms with E-state index in [0.717, 1.165) is 10.6 Å². The van der Waals surface area contributed by atoms with Gasteiger partial charge in [-0.2, -0.15) is 0 Å². The Balaban J connectivity index is 0.00000512. The maximum absolute atomic E-state index is 12.0. The molecule has 0 fully saturated rings. The molecule has 0 spiro atoms. The molecule has 1 atom stereocenters. The number of methoxy groups -OCH3 is 2. The minimum atomic E-state index is -0.466. The number of halogens is 1. The van der Waals surface area contributed by atoms with Gasteiger partial charge in [0.25, 0.3) is 0 Å². The first-order valence-corrected chi connectivity index (χ1v) is 10.5. The molecule has 0 bridgehead atoms. The molecule has 1 unspecified atom stereocenters. The molecule has 0 saturated carbocycles. The quantitative estimate of drug-likeness (QED) is 0.213. The number of ether oxygens (including phenoxy) is 3. The Bertz CT molecular complexity index is 964. The summed E-state index contributed by atoms with van der Waals surface area (Å²) in [6, 6.07) is 5.10. The number of hydrogen-bond donors (Lipinski definition) is 2. The van der Waals surface area contributed by atoms with E-state index >= 15 is 0 Å². The molecule has 0 aliphatic carbocycles. The van der Waals surface area contributed by atoms with Crippen LogP contribution in [0.15, 0.2) is 23.2 Å². The Morgan fingerprint density at radius 3 is 2.56 bits per heavy atom. The largest absolute Gasteiger partial charge is 0.496 e. The molecule has 0 aliphatic heterocycles. The second kappa shape index (κ2) is 13.2. The number of aliphatic imine (C=N–C) groups is 1. The van der Waals surface area contributed by atoms with E-state index in [9.17, 15) is 9.59 Å². The van der Waals surface area contributed by atoms with E-state index in [1.807, 2.05) is 13.0 Å². The highest BCUT2D eigenvalue weighted by molar-refractivity contribution is 14.0. The van der Waals surface area contributed by atoms with E-state index in [4.69, 9.17) is 14.2 Å². The fourth-order valence-corrected chi connectivity index (χ4v) is 3.73. The molecule has 2 rings (SSSR count). The third kappa shape index (κ3) is 7.05. The predicted molar refractivity (Wildman–Crippen MR) is 134 cm³/mol. The van der Waals surface area contributed by atoms with Crippen LogP contribution in [0.25, 0.3) is 0 Å². The normalized spacial score (nSPS) is 11.8. The van der Waals surface area contributed by atoms with Crippen molar-refractivity contribution in [3.8, 4) is 5.75 Å². The van der Waals surface area contributed by atoms with E-state index < -0.39 is 5.97 Å². The fourth-order valence-electron chi connectivity index (χ4n) is 2.77. The van der Waals surface area contributed by atoms with E-state index in [1.165, 1.54) is 25.6 Å². The van der Waals surface area contributed by atoms with Crippen molar-refractivity contribution in [1.29, 1.82) is 0 Å². The van der Waals surface area contributed by atoms with Gasteiger partial charge in [0, 0.05) is 13.6 Å².